The molecule has 0 aliphatic carbocycles. The van der Waals surface area contributed by atoms with Gasteiger partial charge in [-0.25, -0.2) is 13.1 Å². The van der Waals surface area contributed by atoms with Crippen LogP contribution in [0.5, 0.6) is 0 Å². The monoisotopic (exact) mass is 422 g/mol. The topological polar surface area (TPSA) is 82.6 Å². The molecule has 1 unspecified atom stereocenters. The highest BCUT2D eigenvalue weighted by molar-refractivity contribution is 7.98. The summed E-state index contributed by atoms with van der Waals surface area (Å²) in [4.78, 5) is 4.96. The molecule has 1 atom stereocenters. The smallest absolute Gasteiger partial charge is 0.240 e. The highest BCUT2D eigenvalue weighted by Gasteiger charge is 2.10. The quantitative estimate of drug-likeness (QED) is 0.341. The zero-order valence-corrected chi connectivity index (χ0v) is 18.2. The van der Waals surface area contributed by atoms with Crippen LogP contribution in [-0.2, 0) is 16.6 Å². The van der Waals surface area contributed by atoms with Gasteiger partial charge in [-0.2, -0.15) is 0 Å². The number of aliphatic imine (C=N–C) groups is 1. The average molecular weight is 423 g/mol. The van der Waals surface area contributed by atoms with Crippen LogP contribution in [0.15, 0.2) is 58.5 Å². The van der Waals surface area contributed by atoms with E-state index < -0.39 is 10.0 Å². The molecule has 1 aromatic rings. The molecular formula is C20H30N4O2S2. The lowest BCUT2D eigenvalue weighted by Gasteiger charge is -2.12. The van der Waals surface area contributed by atoms with Crippen molar-refractivity contribution in [1.82, 2.24) is 14.8 Å². The highest BCUT2D eigenvalue weighted by atomic mass is 32.2. The molecule has 3 N–H and O–H groups in total. The number of hydrogen-bond acceptors (Lipinski definition) is 5. The molecule has 0 aromatic heterocycles. The number of amidine groups is 1. The van der Waals surface area contributed by atoms with Gasteiger partial charge in [0, 0.05) is 24.8 Å². The first-order chi connectivity index (χ1) is 13.5. The molecule has 1 heterocycles. The van der Waals surface area contributed by atoms with E-state index in [2.05, 4.69) is 51.0 Å². The first-order valence-electron chi connectivity index (χ1n) is 9.51. The van der Waals surface area contributed by atoms with Crippen LogP contribution in [0.4, 0.5) is 0 Å². The van der Waals surface area contributed by atoms with Gasteiger partial charge >= 0.3 is 0 Å². The second kappa shape index (κ2) is 12.1. The number of nitrogens with zero attached hydrogens (tertiary/aromatic N) is 1. The summed E-state index contributed by atoms with van der Waals surface area (Å²) in [5, 5.41) is 3.80. The second-order valence-electron chi connectivity index (χ2n) is 6.47. The molecule has 154 valence electrons. The van der Waals surface area contributed by atoms with Crippen LogP contribution in [-0.4, -0.2) is 39.6 Å². The molecule has 0 saturated carbocycles. The summed E-state index contributed by atoms with van der Waals surface area (Å²) in [6, 6.07) is 6.92. The number of allylic oxidation sites excluding steroid dienone is 2. The van der Waals surface area contributed by atoms with Crippen LogP contribution in [0.2, 0.25) is 0 Å². The minimum Gasteiger partial charge on any atom is -0.317 e. The Bertz CT molecular complexity index is 787. The van der Waals surface area contributed by atoms with Gasteiger partial charge in [-0.1, -0.05) is 36.4 Å². The lowest BCUT2D eigenvalue weighted by atomic mass is 10.2. The molecule has 0 spiro atoms. The summed E-state index contributed by atoms with van der Waals surface area (Å²) >= 11 is 1.69. The summed E-state index contributed by atoms with van der Waals surface area (Å²) in [7, 11) is -1.96. The molecule has 6 nitrogen and oxygen atoms in total. The van der Waals surface area contributed by atoms with Crippen LogP contribution in [0.3, 0.4) is 0 Å². The van der Waals surface area contributed by atoms with Gasteiger partial charge in [0.05, 0.1) is 4.90 Å². The van der Waals surface area contributed by atoms with Crippen LogP contribution in [0.25, 0.3) is 0 Å². The SMILES string of the molecule is CNS(=O)(=O)c1ccc(CNCCCN=C2C/C=C\C/C=C\C(C)SN2)cc1. The van der Waals surface area contributed by atoms with Crippen molar-refractivity contribution < 1.29 is 8.42 Å². The van der Waals surface area contributed by atoms with Crippen molar-refractivity contribution in [2.45, 2.75) is 42.9 Å². The van der Waals surface area contributed by atoms with Crippen molar-refractivity contribution in [3.05, 3.63) is 54.1 Å². The molecular weight excluding hydrogens is 392 g/mol. The zero-order valence-electron chi connectivity index (χ0n) is 16.5. The van der Waals surface area contributed by atoms with Crippen molar-refractivity contribution in [1.29, 1.82) is 0 Å². The fourth-order valence-corrected chi connectivity index (χ4v) is 3.92. The van der Waals surface area contributed by atoms with E-state index in [1.165, 1.54) is 7.05 Å². The van der Waals surface area contributed by atoms with Crippen molar-refractivity contribution in [2.24, 2.45) is 4.99 Å². The molecule has 1 aliphatic rings. The maximum Gasteiger partial charge on any atom is 0.240 e. The van der Waals surface area contributed by atoms with Crippen molar-refractivity contribution in [2.75, 3.05) is 20.1 Å². The Morgan fingerprint density at radius 3 is 2.75 bits per heavy atom. The largest absolute Gasteiger partial charge is 0.317 e. The minimum atomic E-state index is -3.37. The minimum absolute atomic E-state index is 0.282. The average Bonchev–Trinajstić information content (AvgIpc) is 2.70. The van der Waals surface area contributed by atoms with E-state index in [-0.39, 0.29) is 4.90 Å². The molecule has 2 rings (SSSR count). The van der Waals surface area contributed by atoms with Crippen LogP contribution in [0, 0.1) is 0 Å². The van der Waals surface area contributed by atoms with Crippen LogP contribution in [0.1, 0.15) is 31.7 Å². The third-order valence-electron chi connectivity index (χ3n) is 4.17. The number of nitrogens with one attached hydrogen (secondary N) is 3. The summed E-state index contributed by atoms with van der Waals surface area (Å²) < 4.78 is 29.1. The first kappa shape index (κ1) is 22.7. The molecule has 1 aliphatic heterocycles. The first-order valence-corrected chi connectivity index (χ1v) is 11.9. The Kier molecular flexibility index (Phi) is 9.77. The van der Waals surface area contributed by atoms with Gasteiger partial charge in [0.15, 0.2) is 0 Å². The van der Waals surface area contributed by atoms with Crippen molar-refractivity contribution in [3.8, 4) is 0 Å². The van der Waals surface area contributed by atoms with E-state index in [1.54, 1.807) is 24.1 Å². The molecule has 1 aromatic carbocycles. The van der Waals surface area contributed by atoms with E-state index in [9.17, 15) is 8.42 Å². The summed E-state index contributed by atoms with van der Waals surface area (Å²) in [5.74, 6) is 1.02. The van der Waals surface area contributed by atoms with E-state index in [0.717, 1.165) is 43.8 Å². The lowest BCUT2D eigenvalue weighted by Crippen LogP contribution is -2.20. The third-order valence-corrected chi connectivity index (χ3v) is 6.48. The molecule has 0 amide bonds. The van der Waals surface area contributed by atoms with Crippen LogP contribution >= 0.6 is 11.9 Å². The normalized spacial score (nSPS) is 21.8. The fraction of sp³-hybridized carbons (Fsp3) is 0.450. The van der Waals surface area contributed by atoms with E-state index >= 15 is 0 Å². The summed E-state index contributed by atoms with van der Waals surface area (Å²) in [6.07, 6.45) is 11.5. The van der Waals surface area contributed by atoms with Gasteiger partial charge in [0.1, 0.15) is 5.84 Å². The van der Waals surface area contributed by atoms with E-state index in [0.29, 0.717) is 11.8 Å². The molecule has 8 heteroatoms. The Morgan fingerprint density at radius 2 is 2.00 bits per heavy atom. The van der Waals surface area contributed by atoms with Gasteiger partial charge < -0.3 is 10.0 Å². The molecule has 28 heavy (non-hydrogen) atoms. The predicted molar refractivity (Wildman–Crippen MR) is 119 cm³/mol. The van der Waals surface area contributed by atoms with E-state index in [1.807, 2.05) is 12.1 Å². The van der Waals surface area contributed by atoms with Crippen molar-refractivity contribution >= 4 is 27.8 Å². The van der Waals surface area contributed by atoms with E-state index in [4.69, 9.17) is 0 Å². The third kappa shape index (κ3) is 8.18. The number of sulfonamides is 1. The molecule has 0 saturated heterocycles. The van der Waals surface area contributed by atoms with Gasteiger partial charge in [0.2, 0.25) is 10.0 Å². The van der Waals surface area contributed by atoms with Gasteiger partial charge in [0.25, 0.3) is 0 Å². The fourth-order valence-electron chi connectivity index (χ4n) is 2.53. The zero-order chi connectivity index (χ0) is 20.2. The van der Waals surface area contributed by atoms with Crippen molar-refractivity contribution in [3.63, 3.8) is 0 Å². The predicted octanol–water partition coefficient (Wildman–Crippen LogP) is 3.01. The Morgan fingerprint density at radius 1 is 1.21 bits per heavy atom. The van der Waals surface area contributed by atoms with Crippen LogP contribution < -0.4 is 14.8 Å². The second-order valence-corrected chi connectivity index (χ2v) is 9.54. The van der Waals surface area contributed by atoms with Gasteiger partial charge in [-0.15, -0.1) is 0 Å². The number of hydrogen-bond donors (Lipinski definition) is 3. The molecule has 0 radical (unpaired) electrons. The number of benzene rings is 1. The Hall–Kier alpha value is -1.61. The summed E-state index contributed by atoms with van der Waals surface area (Å²) in [6.45, 7) is 4.50. The van der Waals surface area contributed by atoms with Gasteiger partial charge in [-0.05, 0) is 63.0 Å². The Labute approximate surface area is 173 Å². The summed E-state index contributed by atoms with van der Waals surface area (Å²) in [5.41, 5.74) is 1.05. The maximum absolute atomic E-state index is 11.7. The maximum atomic E-state index is 11.7. The lowest BCUT2D eigenvalue weighted by molar-refractivity contribution is 0.588. The molecule has 0 bridgehead atoms. The molecule has 0 fully saturated rings. The van der Waals surface area contributed by atoms with Gasteiger partial charge in [-0.3, -0.25) is 4.99 Å². The Balaban J connectivity index is 1.70. The number of rotatable bonds is 8. The highest BCUT2D eigenvalue weighted by Crippen LogP contribution is 2.11. The standard InChI is InChI=1S/C20H30N4O2S2/c1-17-8-5-3-4-6-9-20(24-27-17)23-15-7-14-22-16-18-10-12-19(13-11-18)28(25,26)21-2/h4-6,8,10-13,17,21-22H,3,7,9,14-16H2,1-2H3,(H,23,24)/b6-4-,8-5-.